The Morgan fingerprint density at radius 1 is 1.09 bits per heavy atom. The van der Waals surface area contributed by atoms with Crippen LogP contribution in [-0.2, 0) is 15.4 Å². The van der Waals surface area contributed by atoms with Crippen molar-refractivity contribution in [2.45, 2.75) is 30.8 Å². The van der Waals surface area contributed by atoms with Gasteiger partial charge in [-0.1, -0.05) is 19.1 Å². The standard InChI is InChI=1S/C17H28N2O3S/c1-4-18-10-5-11-19(13-12-18)14-17(2,20)15-6-8-16(9-7-15)23(3,21)22/h6-9,20H,4-5,10-14H2,1-3H3. The van der Waals surface area contributed by atoms with Gasteiger partial charge in [-0.2, -0.15) is 0 Å². The van der Waals surface area contributed by atoms with E-state index in [1.165, 1.54) is 6.26 Å². The second-order valence-electron chi connectivity index (χ2n) is 6.63. The smallest absolute Gasteiger partial charge is 0.175 e. The Balaban J connectivity index is 2.06. The van der Waals surface area contributed by atoms with Crippen molar-refractivity contribution in [3.8, 4) is 0 Å². The minimum absolute atomic E-state index is 0.283. The predicted octanol–water partition coefficient (Wildman–Crippen LogP) is 1.33. The van der Waals surface area contributed by atoms with E-state index in [1.54, 1.807) is 31.2 Å². The van der Waals surface area contributed by atoms with E-state index in [2.05, 4.69) is 16.7 Å². The zero-order valence-corrected chi connectivity index (χ0v) is 15.1. The molecule has 0 amide bonds. The molecule has 5 nitrogen and oxygen atoms in total. The molecule has 2 rings (SSSR count). The highest BCUT2D eigenvalue weighted by atomic mass is 32.2. The average Bonchev–Trinajstić information content (AvgIpc) is 2.71. The van der Waals surface area contributed by atoms with Crippen LogP contribution in [0.4, 0.5) is 0 Å². The summed E-state index contributed by atoms with van der Waals surface area (Å²) in [6.07, 6.45) is 2.30. The maximum atomic E-state index is 11.5. The van der Waals surface area contributed by atoms with Crippen molar-refractivity contribution in [3.05, 3.63) is 29.8 Å². The maximum Gasteiger partial charge on any atom is 0.175 e. The molecule has 0 aromatic heterocycles. The van der Waals surface area contributed by atoms with Gasteiger partial charge in [-0.25, -0.2) is 8.42 Å². The summed E-state index contributed by atoms with van der Waals surface area (Å²) in [6.45, 7) is 9.66. The first-order chi connectivity index (χ1) is 10.7. The third-order valence-electron chi connectivity index (χ3n) is 4.56. The van der Waals surface area contributed by atoms with Crippen LogP contribution in [-0.4, -0.2) is 68.8 Å². The van der Waals surface area contributed by atoms with Crippen LogP contribution < -0.4 is 0 Å². The van der Waals surface area contributed by atoms with E-state index >= 15 is 0 Å². The van der Waals surface area contributed by atoms with Gasteiger partial charge in [0.1, 0.15) is 0 Å². The van der Waals surface area contributed by atoms with Gasteiger partial charge < -0.3 is 10.0 Å². The number of hydrogen-bond acceptors (Lipinski definition) is 5. The van der Waals surface area contributed by atoms with Crippen molar-refractivity contribution >= 4 is 9.84 Å². The van der Waals surface area contributed by atoms with E-state index in [0.717, 1.165) is 44.7 Å². The number of rotatable bonds is 5. The van der Waals surface area contributed by atoms with Crippen LogP contribution in [0.3, 0.4) is 0 Å². The van der Waals surface area contributed by atoms with E-state index in [4.69, 9.17) is 0 Å². The monoisotopic (exact) mass is 340 g/mol. The van der Waals surface area contributed by atoms with Gasteiger partial charge in [0.2, 0.25) is 0 Å². The number of hydrogen-bond donors (Lipinski definition) is 1. The Bertz CT molecular complexity index is 611. The summed E-state index contributed by atoms with van der Waals surface area (Å²) >= 11 is 0. The van der Waals surface area contributed by atoms with E-state index in [-0.39, 0.29) is 4.90 Å². The molecule has 1 aromatic carbocycles. The molecule has 1 aliphatic heterocycles. The highest BCUT2D eigenvalue weighted by molar-refractivity contribution is 7.90. The van der Waals surface area contributed by atoms with Gasteiger partial charge in [-0.05, 0) is 50.7 Å². The minimum atomic E-state index is -3.20. The van der Waals surface area contributed by atoms with E-state index in [0.29, 0.717) is 6.54 Å². The first kappa shape index (κ1) is 18.4. The van der Waals surface area contributed by atoms with Gasteiger partial charge in [-0.15, -0.1) is 0 Å². The van der Waals surface area contributed by atoms with Crippen LogP contribution >= 0.6 is 0 Å². The van der Waals surface area contributed by atoms with Gasteiger partial charge in [0.05, 0.1) is 10.5 Å². The molecule has 0 radical (unpaired) electrons. The molecule has 1 atom stereocenters. The summed E-state index contributed by atoms with van der Waals surface area (Å²) in [6, 6.07) is 6.57. The zero-order chi connectivity index (χ0) is 17.1. The molecular formula is C17H28N2O3S. The molecule has 6 heteroatoms. The molecule has 1 aromatic rings. The van der Waals surface area contributed by atoms with Crippen LogP contribution in [0, 0.1) is 0 Å². The molecule has 1 N–H and O–H groups in total. The van der Waals surface area contributed by atoms with Crippen LogP contribution in [0.25, 0.3) is 0 Å². The average molecular weight is 340 g/mol. The largest absolute Gasteiger partial charge is 0.384 e. The Morgan fingerprint density at radius 3 is 2.22 bits per heavy atom. The van der Waals surface area contributed by atoms with E-state index in [1.807, 2.05) is 0 Å². The molecule has 1 saturated heterocycles. The van der Waals surface area contributed by atoms with Crippen molar-refractivity contribution in [2.75, 3.05) is 45.5 Å². The quantitative estimate of drug-likeness (QED) is 0.876. The summed E-state index contributed by atoms with van der Waals surface area (Å²) < 4.78 is 23.1. The molecule has 130 valence electrons. The third-order valence-corrected chi connectivity index (χ3v) is 5.69. The van der Waals surface area contributed by atoms with E-state index < -0.39 is 15.4 Å². The fourth-order valence-corrected chi connectivity index (χ4v) is 3.72. The molecule has 0 spiro atoms. The number of likely N-dealkylation sites (N-methyl/N-ethyl adjacent to an activating group) is 1. The van der Waals surface area contributed by atoms with Crippen molar-refractivity contribution in [1.82, 2.24) is 9.80 Å². The molecule has 1 unspecified atom stereocenters. The molecule has 0 saturated carbocycles. The lowest BCUT2D eigenvalue weighted by Crippen LogP contribution is -2.40. The molecule has 1 fully saturated rings. The second-order valence-corrected chi connectivity index (χ2v) is 8.65. The third kappa shape index (κ3) is 5.01. The normalized spacial score (nSPS) is 20.9. The number of nitrogens with zero attached hydrogens (tertiary/aromatic N) is 2. The lowest BCUT2D eigenvalue weighted by Gasteiger charge is -2.31. The Kier molecular flexibility index (Phi) is 5.84. The summed E-state index contributed by atoms with van der Waals surface area (Å²) in [5.41, 5.74) is -0.237. The molecule has 23 heavy (non-hydrogen) atoms. The van der Waals surface area contributed by atoms with Crippen LogP contribution in [0.1, 0.15) is 25.8 Å². The van der Waals surface area contributed by atoms with Crippen LogP contribution in [0.15, 0.2) is 29.2 Å². The summed E-state index contributed by atoms with van der Waals surface area (Å²) in [5.74, 6) is 0. The number of sulfone groups is 1. The molecular weight excluding hydrogens is 312 g/mol. The number of β-amino-alcohol motifs (C(OH)–C–C–N with tert-alkyl or cyclic N) is 1. The zero-order valence-electron chi connectivity index (χ0n) is 14.3. The molecule has 1 heterocycles. The summed E-state index contributed by atoms with van der Waals surface area (Å²) in [7, 11) is -3.20. The molecule has 0 aliphatic carbocycles. The lowest BCUT2D eigenvalue weighted by molar-refractivity contribution is 0.0170. The fourth-order valence-electron chi connectivity index (χ4n) is 3.09. The molecule has 0 bridgehead atoms. The number of aliphatic hydroxyl groups is 1. The minimum Gasteiger partial charge on any atom is -0.384 e. The van der Waals surface area contributed by atoms with Gasteiger partial charge in [0.15, 0.2) is 9.84 Å². The molecule has 1 aliphatic rings. The van der Waals surface area contributed by atoms with Crippen molar-refractivity contribution in [1.29, 1.82) is 0 Å². The Hall–Kier alpha value is -0.950. The first-order valence-corrected chi connectivity index (χ1v) is 10.1. The second kappa shape index (κ2) is 7.30. The summed E-state index contributed by atoms with van der Waals surface area (Å²) in [5, 5.41) is 10.8. The van der Waals surface area contributed by atoms with Crippen molar-refractivity contribution < 1.29 is 13.5 Å². The Labute approximate surface area is 139 Å². The summed E-state index contributed by atoms with van der Waals surface area (Å²) in [4.78, 5) is 5.00. The highest BCUT2D eigenvalue weighted by Gasteiger charge is 2.27. The first-order valence-electron chi connectivity index (χ1n) is 8.20. The van der Waals surface area contributed by atoms with Crippen LogP contribution in [0.5, 0.6) is 0 Å². The fraction of sp³-hybridized carbons (Fsp3) is 0.647. The van der Waals surface area contributed by atoms with Gasteiger partial charge >= 0.3 is 0 Å². The SMILES string of the molecule is CCN1CCCN(CC(C)(O)c2ccc(S(C)(=O)=O)cc2)CC1. The van der Waals surface area contributed by atoms with Crippen LogP contribution in [0.2, 0.25) is 0 Å². The maximum absolute atomic E-state index is 11.5. The Morgan fingerprint density at radius 2 is 1.65 bits per heavy atom. The van der Waals surface area contributed by atoms with Crippen molar-refractivity contribution in [2.24, 2.45) is 0 Å². The van der Waals surface area contributed by atoms with Gasteiger partial charge in [-0.3, -0.25) is 4.90 Å². The van der Waals surface area contributed by atoms with Crippen molar-refractivity contribution in [3.63, 3.8) is 0 Å². The van der Waals surface area contributed by atoms with Gasteiger partial charge in [0, 0.05) is 25.9 Å². The van der Waals surface area contributed by atoms with E-state index in [9.17, 15) is 13.5 Å². The predicted molar refractivity (Wildman–Crippen MR) is 92.3 cm³/mol. The lowest BCUT2D eigenvalue weighted by atomic mass is 9.95. The topological polar surface area (TPSA) is 60.9 Å². The van der Waals surface area contributed by atoms with Gasteiger partial charge in [0.25, 0.3) is 0 Å². The highest BCUT2D eigenvalue weighted by Crippen LogP contribution is 2.24. The number of benzene rings is 1.